The molecule has 0 aromatic carbocycles. The molecule has 182 valence electrons. The van der Waals surface area contributed by atoms with E-state index in [1.54, 1.807) is 0 Å². The van der Waals surface area contributed by atoms with Crippen molar-refractivity contribution < 1.29 is 14.3 Å². The number of hydrogen-bond acceptors (Lipinski definition) is 8. The largest absolute Gasteiger partial charge is 0.444 e. The molecule has 2 aliphatic rings. The van der Waals surface area contributed by atoms with E-state index in [1.807, 2.05) is 20.8 Å². The predicted molar refractivity (Wildman–Crippen MR) is 124 cm³/mol. The van der Waals surface area contributed by atoms with Crippen LogP contribution in [0.15, 0.2) is 0 Å². The first kappa shape index (κ1) is 26.3. The van der Waals surface area contributed by atoms with Crippen molar-refractivity contribution in [2.45, 2.75) is 32.8 Å². The summed E-state index contributed by atoms with van der Waals surface area (Å²) in [6, 6.07) is 0. The van der Waals surface area contributed by atoms with Crippen LogP contribution in [0.3, 0.4) is 0 Å². The summed E-state index contributed by atoms with van der Waals surface area (Å²) < 4.78 is 10.9. The third kappa shape index (κ3) is 12.0. The van der Waals surface area contributed by atoms with Gasteiger partial charge in [-0.3, -0.25) is 14.7 Å². The summed E-state index contributed by atoms with van der Waals surface area (Å²) >= 11 is 0. The van der Waals surface area contributed by atoms with E-state index in [4.69, 9.17) is 15.2 Å². The molecule has 0 aromatic heterocycles. The minimum Gasteiger partial charge on any atom is -0.444 e. The van der Waals surface area contributed by atoms with Crippen LogP contribution >= 0.6 is 0 Å². The van der Waals surface area contributed by atoms with Crippen molar-refractivity contribution in [3.63, 3.8) is 0 Å². The number of carbonyl (C=O) groups is 1. The van der Waals surface area contributed by atoms with Crippen molar-refractivity contribution in [1.82, 2.24) is 24.9 Å². The number of nitrogens with one attached hydrogen (secondary N) is 1. The molecular weight excluding hydrogens is 396 g/mol. The van der Waals surface area contributed by atoms with Crippen molar-refractivity contribution in [3.05, 3.63) is 0 Å². The lowest BCUT2D eigenvalue weighted by atomic mass is 10.2. The van der Waals surface area contributed by atoms with Crippen molar-refractivity contribution >= 4 is 6.09 Å². The van der Waals surface area contributed by atoms with Gasteiger partial charge in [-0.1, -0.05) is 0 Å². The van der Waals surface area contributed by atoms with E-state index in [0.717, 1.165) is 52.2 Å². The third-order valence-corrected chi connectivity index (χ3v) is 5.81. The van der Waals surface area contributed by atoms with Gasteiger partial charge in [-0.25, -0.2) is 4.79 Å². The van der Waals surface area contributed by atoms with Gasteiger partial charge in [-0.05, 0) is 40.3 Å². The summed E-state index contributed by atoms with van der Waals surface area (Å²) in [7, 11) is 0. The molecule has 0 saturated carbocycles. The van der Waals surface area contributed by atoms with Gasteiger partial charge in [0.1, 0.15) is 5.60 Å². The van der Waals surface area contributed by atoms with Crippen molar-refractivity contribution in [3.8, 4) is 0 Å². The molecule has 2 fully saturated rings. The summed E-state index contributed by atoms with van der Waals surface area (Å²) in [6.07, 6.45) is 0.721. The second-order valence-electron chi connectivity index (χ2n) is 9.55. The second kappa shape index (κ2) is 14.2. The number of piperazine rings is 2. The smallest absolute Gasteiger partial charge is 0.407 e. The number of alkyl carbamates (subject to hydrolysis) is 1. The monoisotopic (exact) mass is 442 g/mol. The lowest BCUT2D eigenvalue weighted by Gasteiger charge is -2.38. The van der Waals surface area contributed by atoms with Crippen LogP contribution in [0.1, 0.15) is 27.2 Å². The van der Waals surface area contributed by atoms with Crippen molar-refractivity contribution in [2.24, 2.45) is 5.73 Å². The highest BCUT2D eigenvalue weighted by molar-refractivity contribution is 5.67. The van der Waals surface area contributed by atoms with Crippen LogP contribution in [-0.4, -0.2) is 136 Å². The first-order valence-corrected chi connectivity index (χ1v) is 12.0. The number of rotatable bonds is 12. The Bertz CT molecular complexity index is 486. The Labute approximate surface area is 189 Å². The van der Waals surface area contributed by atoms with E-state index in [0.29, 0.717) is 19.8 Å². The maximum Gasteiger partial charge on any atom is 0.407 e. The van der Waals surface area contributed by atoms with Gasteiger partial charge in [-0.15, -0.1) is 0 Å². The Morgan fingerprint density at radius 3 is 1.77 bits per heavy atom. The molecule has 2 aliphatic heterocycles. The van der Waals surface area contributed by atoms with E-state index in [1.165, 1.54) is 39.3 Å². The van der Waals surface area contributed by atoms with Crippen LogP contribution in [0.25, 0.3) is 0 Å². The van der Waals surface area contributed by atoms with Gasteiger partial charge in [0.15, 0.2) is 0 Å². The third-order valence-electron chi connectivity index (χ3n) is 5.81. The van der Waals surface area contributed by atoms with Gasteiger partial charge in [0.05, 0.1) is 13.2 Å². The molecule has 31 heavy (non-hydrogen) atoms. The number of amides is 1. The number of nitrogens with zero attached hydrogens (tertiary/aromatic N) is 4. The SMILES string of the molecule is CC(C)(C)OC(=O)NCCOCCN1CCN(CCN2CCN(CCCN)CC2)CC1. The second-order valence-corrected chi connectivity index (χ2v) is 9.55. The van der Waals surface area contributed by atoms with Crippen molar-refractivity contribution in [1.29, 1.82) is 0 Å². The molecule has 0 spiro atoms. The summed E-state index contributed by atoms with van der Waals surface area (Å²) in [6.45, 7) is 21.7. The lowest BCUT2D eigenvalue weighted by Crippen LogP contribution is -2.51. The predicted octanol–water partition coefficient (Wildman–Crippen LogP) is 0.112. The molecule has 0 unspecified atom stereocenters. The molecule has 0 atom stereocenters. The van der Waals surface area contributed by atoms with Crippen LogP contribution in [0.5, 0.6) is 0 Å². The minimum absolute atomic E-state index is 0.388. The molecule has 2 heterocycles. The fourth-order valence-corrected chi connectivity index (χ4v) is 3.91. The molecular formula is C22H46N6O3. The van der Waals surface area contributed by atoms with Crippen LogP contribution < -0.4 is 11.1 Å². The van der Waals surface area contributed by atoms with E-state index in [2.05, 4.69) is 24.9 Å². The summed E-state index contributed by atoms with van der Waals surface area (Å²) in [5.74, 6) is 0. The topological polar surface area (TPSA) is 86.5 Å². The highest BCUT2D eigenvalue weighted by Crippen LogP contribution is 2.07. The lowest BCUT2D eigenvalue weighted by molar-refractivity contribution is 0.0473. The zero-order valence-corrected chi connectivity index (χ0v) is 20.1. The Morgan fingerprint density at radius 1 is 0.806 bits per heavy atom. The summed E-state index contributed by atoms with van der Waals surface area (Å²) in [4.78, 5) is 21.8. The summed E-state index contributed by atoms with van der Waals surface area (Å²) in [5.41, 5.74) is 5.15. The highest BCUT2D eigenvalue weighted by Gasteiger charge is 2.20. The Hall–Kier alpha value is -0.970. The number of ether oxygens (including phenoxy) is 2. The summed E-state index contributed by atoms with van der Waals surface area (Å²) in [5, 5.41) is 2.72. The molecule has 0 bridgehead atoms. The van der Waals surface area contributed by atoms with Gasteiger partial charge in [-0.2, -0.15) is 0 Å². The fraction of sp³-hybridized carbons (Fsp3) is 0.955. The Morgan fingerprint density at radius 2 is 1.29 bits per heavy atom. The maximum atomic E-state index is 11.6. The van der Waals surface area contributed by atoms with Crippen LogP contribution in [-0.2, 0) is 9.47 Å². The molecule has 3 N–H and O–H groups in total. The maximum absolute atomic E-state index is 11.6. The number of nitrogens with two attached hydrogens (primary N) is 1. The van der Waals surface area contributed by atoms with Crippen molar-refractivity contribution in [2.75, 3.05) is 105 Å². The highest BCUT2D eigenvalue weighted by atomic mass is 16.6. The van der Waals surface area contributed by atoms with E-state index in [-0.39, 0.29) is 6.09 Å². The van der Waals surface area contributed by atoms with Crippen LogP contribution in [0.4, 0.5) is 4.79 Å². The molecule has 9 heteroatoms. The Kier molecular flexibility index (Phi) is 12.1. The number of hydrogen-bond donors (Lipinski definition) is 2. The average molecular weight is 443 g/mol. The average Bonchev–Trinajstić information content (AvgIpc) is 2.73. The molecule has 0 aliphatic carbocycles. The zero-order chi connectivity index (χ0) is 22.5. The molecule has 1 amide bonds. The normalized spacial score (nSPS) is 20.1. The standard InChI is InChI=1S/C22H46N6O3/c1-22(2,3)31-21(29)24-6-19-30-20-18-28-16-14-27(15-17-28)13-12-26-10-8-25(9-11-26)7-4-5-23/h4-20,23H2,1-3H3,(H,24,29). The molecule has 0 aromatic rings. The fourth-order valence-electron chi connectivity index (χ4n) is 3.91. The quantitative estimate of drug-likeness (QED) is 0.412. The molecule has 0 radical (unpaired) electrons. The molecule has 2 rings (SSSR count). The van der Waals surface area contributed by atoms with Gasteiger partial charge < -0.3 is 25.4 Å². The zero-order valence-electron chi connectivity index (χ0n) is 20.1. The molecule has 2 saturated heterocycles. The minimum atomic E-state index is -0.466. The van der Waals surface area contributed by atoms with Crippen LogP contribution in [0.2, 0.25) is 0 Å². The van der Waals surface area contributed by atoms with Gasteiger partial charge in [0.2, 0.25) is 0 Å². The van der Waals surface area contributed by atoms with Gasteiger partial charge >= 0.3 is 6.09 Å². The van der Waals surface area contributed by atoms with Gasteiger partial charge in [0, 0.05) is 78.5 Å². The van der Waals surface area contributed by atoms with E-state index >= 15 is 0 Å². The van der Waals surface area contributed by atoms with E-state index in [9.17, 15) is 4.79 Å². The first-order valence-electron chi connectivity index (χ1n) is 12.0. The van der Waals surface area contributed by atoms with Gasteiger partial charge in [0.25, 0.3) is 0 Å². The van der Waals surface area contributed by atoms with E-state index < -0.39 is 5.60 Å². The van der Waals surface area contributed by atoms with Crippen LogP contribution in [0, 0.1) is 0 Å². The first-order chi connectivity index (χ1) is 14.9. The number of carbonyl (C=O) groups excluding carboxylic acids is 1. The molecule has 9 nitrogen and oxygen atoms in total. The Balaban J connectivity index is 1.43.